The molecule has 2 fully saturated rings. The highest BCUT2D eigenvalue weighted by Crippen LogP contribution is 2.20. The van der Waals surface area contributed by atoms with Crippen LogP contribution in [0, 0.1) is 0 Å². The smallest absolute Gasteiger partial charge is 0.324 e. The van der Waals surface area contributed by atoms with Gasteiger partial charge in [-0.25, -0.2) is 4.79 Å². The maximum Gasteiger partial charge on any atom is 0.324 e. The molecule has 1 unspecified atom stereocenters. The first-order chi connectivity index (χ1) is 7.68. The highest BCUT2D eigenvalue weighted by molar-refractivity contribution is 5.93. The van der Waals surface area contributed by atoms with Gasteiger partial charge in [0.2, 0.25) is 5.91 Å². The fourth-order valence-corrected chi connectivity index (χ4v) is 2.09. The summed E-state index contributed by atoms with van der Waals surface area (Å²) in [7, 11) is 0. The molecule has 1 saturated heterocycles. The Bertz CT molecular complexity index is 283. The highest BCUT2D eigenvalue weighted by Gasteiger charge is 2.32. The van der Waals surface area contributed by atoms with Crippen LogP contribution >= 0.6 is 0 Å². The summed E-state index contributed by atoms with van der Waals surface area (Å²) in [6, 6.07) is 0.0969. The van der Waals surface area contributed by atoms with Crippen LogP contribution in [0.3, 0.4) is 0 Å². The second kappa shape index (κ2) is 4.82. The summed E-state index contributed by atoms with van der Waals surface area (Å²) in [5, 5.41) is 6.09. The number of carbonyl (C=O) groups excluding carboxylic acids is 2. The van der Waals surface area contributed by atoms with Gasteiger partial charge in [0.1, 0.15) is 0 Å². The number of hydrogen-bond donors (Lipinski definition) is 2. The molecule has 1 heterocycles. The van der Waals surface area contributed by atoms with Gasteiger partial charge in [-0.15, -0.1) is 0 Å². The van der Waals surface area contributed by atoms with Gasteiger partial charge < -0.3 is 10.6 Å². The molecular formula is C11H19N3O2. The molecule has 0 aromatic rings. The van der Waals surface area contributed by atoms with E-state index < -0.39 is 0 Å². The molecule has 0 aromatic carbocycles. The lowest BCUT2D eigenvalue weighted by Crippen LogP contribution is -2.54. The number of nitrogens with zero attached hydrogens (tertiary/aromatic N) is 1. The first-order valence-corrected chi connectivity index (χ1v) is 5.99. The number of piperidine rings is 1. The quantitative estimate of drug-likeness (QED) is 0.717. The zero-order valence-electron chi connectivity index (χ0n) is 9.66. The third-order valence-corrected chi connectivity index (χ3v) is 3.10. The lowest BCUT2D eigenvalue weighted by Gasteiger charge is -2.32. The van der Waals surface area contributed by atoms with Crippen molar-refractivity contribution in [2.24, 2.45) is 0 Å². The summed E-state index contributed by atoms with van der Waals surface area (Å²) in [4.78, 5) is 24.8. The van der Waals surface area contributed by atoms with Gasteiger partial charge in [-0.2, -0.15) is 0 Å². The van der Waals surface area contributed by atoms with Crippen molar-refractivity contribution < 1.29 is 9.59 Å². The molecular weight excluding hydrogens is 206 g/mol. The second-order valence-corrected chi connectivity index (χ2v) is 4.61. The minimum Gasteiger partial charge on any atom is -0.335 e. The van der Waals surface area contributed by atoms with Gasteiger partial charge in [-0.3, -0.25) is 9.69 Å². The minimum atomic E-state index is -0.219. The van der Waals surface area contributed by atoms with Gasteiger partial charge in [0.15, 0.2) is 0 Å². The van der Waals surface area contributed by atoms with Gasteiger partial charge in [0.25, 0.3) is 0 Å². The van der Waals surface area contributed by atoms with E-state index in [1.165, 1.54) is 11.8 Å². The molecule has 90 valence electrons. The van der Waals surface area contributed by atoms with E-state index in [-0.39, 0.29) is 18.0 Å². The van der Waals surface area contributed by atoms with Crippen molar-refractivity contribution in [3.05, 3.63) is 0 Å². The van der Waals surface area contributed by atoms with E-state index in [0.717, 1.165) is 38.8 Å². The third-order valence-electron chi connectivity index (χ3n) is 3.10. The summed E-state index contributed by atoms with van der Waals surface area (Å²) in [6.45, 7) is 3.16. The zero-order chi connectivity index (χ0) is 11.5. The van der Waals surface area contributed by atoms with Crippen LogP contribution in [-0.2, 0) is 4.79 Å². The van der Waals surface area contributed by atoms with Gasteiger partial charge >= 0.3 is 6.03 Å². The zero-order valence-corrected chi connectivity index (χ0v) is 9.66. The predicted octanol–water partition coefficient (Wildman–Crippen LogP) is 0.459. The number of hydrogen-bond acceptors (Lipinski definition) is 3. The van der Waals surface area contributed by atoms with Crippen molar-refractivity contribution in [1.82, 2.24) is 15.5 Å². The van der Waals surface area contributed by atoms with E-state index in [0.29, 0.717) is 6.04 Å². The van der Waals surface area contributed by atoms with Crippen LogP contribution in [0.5, 0.6) is 0 Å². The summed E-state index contributed by atoms with van der Waals surface area (Å²) in [6.07, 6.45) is 4.01. The van der Waals surface area contributed by atoms with Crippen LogP contribution in [-0.4, -0.2) is 42.0 Å². The first-order valence-electron chi connectivity index (χ1n) is 5.99. The van der Waals surface area contributed by atoms with Gasteiger partial charge in [0, 0.05) is 19.5 Å². The molecule has 2 rings (SSSR count). The maximum absolute atomic E-state index is 11.9. The Hall–Kier alpha value is -1.10. The molecule has 3 amide bonds. The van der Waals surface area contributed by atoms with E-state index >= 15 is 0 Å². The topological polar surface area (TPSA) is 61.4 Å². The largest absolute Gasteiger partial charge is 0.335 e. The number of carbonyl (C=O) groups is 2. The van der Waals surface area contributed by atoms with E-state index in [4.69, 9.17) is 0 Å². The highest BCUT2D eigenvalue weighted by atomic mass is 16.2. The van der Waals surface area contributed by atoms with Crippen molar-refractivity contribution in [2.75, 3.05) is 13.1 Å². The Labute approximate surface area is 95.6 Å². The predicted molar refractivity (Wildman–Crippen MR) is 60.0 cm³/mol. The number of urea groups is 1. The molecule has 1 aliphatic heterocycles. The van der Waals surface area contributed by atoms with Crippen molar-refractivity contribution in [2.45, 2.75) is 44.7 Å². The minimum absolute atomic E-state index is 0.0185. The summed E-state index contributed by atoms with van der Waals surface area (Å²) < 4.78 is 0. The molecule has 0 radical (unpaired) electrons. The van der Waals surface area contributed by atoms with Gasteiger partial charge in [0.05, 0.1) is 6.04 Å². The average molecular weight is 225 g/mol. The molecule has 2 N–H and O–H groups in total. The van der Waals surface area contributed by atoms with Crippen LogP contribution in [0.25, 0.3) is 0 Å². The Balaban J connectivity index is 1.96. The number of nitrogens with one attached hydrogen (secondary N) is 2. The molecule has 16 heavy (non-hydrogen) atoms. The van der Waals surface area contributed by atoms with E-state index in [1.807, 2.05) is 0 Å². The maximum atomic E-state index is 11.9. The molecule has 0 spiro atoms. The van der Waals surface area contributed by atoms with E-state index in [9.17, 15) is 9.59 Å². The summed E-state index contributed by atoms with van der Waals surface area (Å²) in [5.41, 5.74) is 0. The Kier molecular flexibility index (Phi) is 3.43. The summed E-state index contributed by atoms with van der Waals surface area (Å²) in [5.74, 6) is -0.160. The van der Waals surface area contributed by atoms with Crippen molar-refractivity contribution >= 4 is 11.9 Å². The number of imide groups is 1. The second-order valence-electron chi connectivity index (χ2n) is 4.61. The Morgan fingerprint density at radius 3 is 2.56 bits per heavy atom. The Morgan fingerprint density at radius 2 is 2.06 bits per heavy atom. The third kappa shape index (κ3) is 2.72. The lowest BCUT2D eigenvalue weighted by atomic mass is 10.1. The normalized spacial score (nSPS) is 24.9. The molecule has 1 aliphatic carbocycles. The SMILES string of the molecule is CC(=O)N(C(=O)NC1CC1)C1CCCNC1. The molecule has 0 aromatic heterocycles. The molecule has 5 nitrogen and oxygen atoms in total. The molecule has 1 saturated carbocycles. The molecule has 1 atom stereocenters. The fraction of sp³-hybridized carbons (Fsp3) is 0.818. The van der Waals surface area contributed by atoms with Crippen molar-refractivity contribution in [3.63, 3.8) is 0 Å². The molecule has 0 bridgehead atoms. The molecule has 2 aliphatic rings. The average Bonchev–Trinajstić information content (AvgIpc) is 3.03. The first kappa shape index (κ1) is 11.4. The van der Waals surface area contributed by atoms with Crippen LogP contribution in [0.15, 0.2) is 0 Å². The fourth-order valence-electron chi connectivity index (χ4n) is 2.09. The monoisotopic (exact) mass is 225 g/mol. The summed E-state index contributed by atoms with van der Waals surface area (Å²) >= 11 is 0. The Morgan fingerprint density at radius 1 is 1.31 bits per heavy atom. The number of amides is 3. The lowest BCUT2D eigenvalue weighted by molar-refractivity contribution is -0.128. The van der Waals surface area contributed by atoms with Crippen molar-refractivity contribution in [1.29, 1.82) is 0 Å². The van der Waals surface area contributed by atoms with Crippen LogP contribution < -0.4 is 10.6 Å². The number of rotatable bonds is 2. The van der Waals surface area contributed by atoms with E-state index in [2.05, 4.69) is 10.6 Å². The van der Waals surface area contributed by atoms with Gasteiger partial charge in [-0.05, 0) is 32.2 Å². The van der Waals surface area contributed by atoms with Crippen LogP contribution in [0.2, 0.25) is 0 Å². The van der Waals surface area contributed by atoms with Crippen molar-refractivity contribution in [3.8, 4) is 0 Å². The van der Waals surface area contributed by atoms with E-state index in [1.54, 1.807) is 0 Å². The van der Waals surface area contributed by atoms with Gasteiger partial charge in [-0.1, -0.05) is 0 Å². The van der Waals surface area contributed by atoms with Crippen LogP contribution in [0.4, 0.5) is 4.79 Å². The van der Waals surface area contributed by atoms with Crippen LogP contribution in [0.1, 0.15) is 32.6 Å². The molecule has 5 heteroatoms. The standard InChI is InChI=1S/C11H19N3O2/c1-8(15)14(10-3-2-6-12-7-10)11(16)13-9-4-5-9/h9-10,12H,2-7H2,1H3,(H,13,16).